The second-order valence-electron chi connectivity index (χ2n) is 6.95. The summed E-state index contributed by atoms with van der Waals surface area (Å²) in [6.45, 7) is -0.762. The Morgan fingerprint density at radius 3 is 2.35 bits per heavy atom. The summed E-state index contributed by atoms with van der Waals surface area (Å²) >= 11 is 5.96. The van der Waals surface area contributed by atoms with Gasteiger partial charge in [-0.15, -0.1) is 0 Å². The van der Waals surface area contributed by atoms with E-state index >= 15 is 0 Å². The number of nitrogens with zero attached hydrogens (tertiary/aromatic N) is 6. The van der Waals surface area contributed by atoms with E-state index in [1.807, 2.05) is 0 Å². The maximum absolute atomic E-state index is 13.1. The van der Waals surface area contributed by atoms with Gasteiger partial charge in [-0.05, 0) is 17.7 Å². The van der Waals surface area contributed by atoms with Crippen molar-refractivity contribution in [2.75, 3.05) is 11.6 Å². The number of nitrogens with two attached hydrogens (primary N) is 2. The van der Waals surface area contributed by atoms with Gasteiger partial charge in [0.25, 0.3) is 5.56 Å². The number of halogens is 1. The number of hydrogen-bond acceptors (Lipinski definition) is 7. The van der Waals surface area contributed by atoms with E-state index in [4.69, 9.17) is 23.1 Å². The Morgan fingerprint density at radius 2 is 1.74 bits per heavy atom. The summed E-state index contributed by atoms with van der Waals surface area (Å²) in [5, 5.41) is 6.26. The number of hydrazone groups is 1. The van der Waals surface area contributed by atoms with Crippen LogP contribution in [0.4, 0.5) is 5.95 Å². The summed E-state index contributed by atoms with van der Waals surface area (Å²) in [7, 11) is 1.42. The van der Waals surface area contributed by atoms with Gasteiger partial charge in [0.2, 0.25) is 17.8 Å². The van der Waals surface area contributed by atoms with Gasteiger partial charge in [0.1, 0.15) is 13.1 Å². The fourth-order valence-electron chi connectivity index (χ4n) is 3.42. The molecule has 0 atom stereocenters. The smallest absolute Gasteiger partial charge is 0.332 e. The molecule has 12 nitrogen and oxygen atoms in total. The van der Waals surface area contributed by atoms with E-state index in [0.29, 0.717) is 16.3 Å². The first-order valence-corrected chi connectivity index (χ1v) is 9.42. The van der Waals surface area contributed by atoms with Gasteiger partial charge in [0.05, 0.1) is 12.3 Å². The topological polar surface area (TPSA) is 164 Å². The Hall–Kier alpha value is -3.93. The first kappa shape index (κ1) is 20.3. The number of carbonyl (C=O) groups is 2. The van der Waals surface area contributed by atoms with E-state index in [1.165, 1.54) is 16.6 Å². The SMILES string of the molecule is Cn1c(=O)n(CC(N)=O)c(=O)c2c1nc1n2CC(c2ccc(Cl)cc2)=NN1CC(N)=O. The van der Waals surface area contributed by atoms with E-state index in [-0.39, 0.29) is 30.2 Å². The van der Waals surface area contributed by atoms with Gasteiger partial charge >= 0.3 is 5.69 Å². The number of carbonyl (C=O) groups excluding carboxylic acids is 2. The van der Waals surface area contributed by atoms with Crippen molar-refractivity contribution in [2.45, 2.75) is 13.1 Å². The number of hydrogen-bond donors (Lipinski definition) is 2. The Kier molecular flexibility index (Phi) is 4.85. The molecule has 160 valence electrons. The Labute approximate surface area is 178 Å². The molecule has 3 aromatic rings. The monoisotopic (exact) mass is 444 g/mol. The zero-order valence-electron chi connectivity index (χ0n) is 16.3. The van der Waals surface area contributed by atoms with Crippen LogP contribution in [0.1, 0.15) is 5.56 Å². The predicted octanol–water partition coefficient (Wildman–Crippen LogP) is -1.25. The number of amides is 2. The third kappa shape index (κ3) is 3.46. The minimum atomic E-state index is -0.837. The standard InChI is InChI=1S/C18H17ClN8O4/c1-24-15-14(16(30)26(18(24)31)7-12(20)28)25-6-11(9-2-4-10(19)5-3-9)23-27(8-13(21)29)17(25)22-15/h2-5H,6-8H2,1H3,(H2,20,28)(H2,21,29). The van der Waals surface area contributed by atoms with Gasteiger partial charge in [0.15, 0.2) is 11.2 Å². The minimum absolute atomic E-state index is 0.0641. The van der Waals surface area contributed by atoms with Crippen molar-refractivity contribution < 1.29 is 9.59 Å². The number of benzene rings is 1. The van der Waals surface area contributed by atoms with Crippen molar-refractivity contribution in [2.24, 2.45) is 23.6 Å². The van der Waals surface area contributed by atoms with Crippen LogP contribution in [-0.2, 0) is 29.7 Å². The minimum Gasteiger partial charge on any atom is -0.368 e. The molecule has 1 aromatic carbocycles. The van der Waals surface area contributed by atoms with Gasteiger partial charge in [0, 0.05) is 12.1 Å². The van der Waals surface area contributed by atoms with Crippen molar-refractivity contribution in [1.29, 1.82) is 0 Å². The molecule has 4 N–H and O–H groups in total. The molecule has 1 aliphatic heterocycles. The molecule has 0 saturated heterocycles. The Balaban J connectivity index is 1.98. The number of aromatic nitrogens is 4. The summed E-state index contributed by atoms with van der Waals surface area (Å²) < 4.78 is 3.40. The molecule has 1 aliphatic rings. The van der Waals surface area contributed by atoms with Crippen molar-refractivity contribution in [1.82, 2.24) is 18.7 Å². The van der Waals surface area contributed by atoms with Crippen LogP contribution in [0.15, 0.2) is 39.0 Å². The number of anilines is 1. The molecule has 0 saturated carbocycles. The number of primary amides is 2. The summed E-state index contributed by atoms with van der Waals surface area (Å²) in [5.74, 6) is -1.34. The summed E-state index contributed by atoms with van der Waals surface area (Å²) in [6, 6.07) is 6.86. The second-order valence-corrected chi connectivity index (χ2v) is 7.38. The Bertz CT molecular complexity index is 1380. The van der Waals surface area contributed by atoms with Crippen molar-refractivity contribution in [3.63, 3.8) is 0 Å². The van der Waals surface area contributed by atoms with Crippen LogP contribution in [-0.4, -0.2) is 42.8 Å². The van der Waals surface area contributed by atoms with Crippen molar-refractivity contribution in [3.8, 4) is 0 Å². The molecular weight excluding hydrogens is 428 g/mol. The van der Waals surface area contributed by atoms with E-state index < -0.39 is 29.6 Å². The quantitative estimate of drug-likeness (QED) is 0.499. The normalized spacial score (nSPS) is 13.2. The van der Waals surface area contributed by atoms with E-state index in [9.17, 15) is 19.2 Å². The number of fused-ring (bicyclic) bond motifs is 3. The van der Waals surface area contributed by atoms with Crippen LogP contribution < -0.4 is 27.7 Å². The highest BCUT2D eigenvalue weighted by Gasteiger charge is 2.29. The lowest BCUT2D eigenvalue weighted by atomic mass is 10.1. The summed E-state index contributed by atoms with van der Waals surface area (Å²) in [5.41, 5.74) is 10.4. The van der Waals surface area contributed by atoms with Crippen molar-refractivity contribution in [3.05, 3.63) is 55.7 Å². The largest absolute Gasteiger partial charge is 0.368 e. The molecule has 0 unspecified atom stereocenters. The van der Waals surface area contributed by atoms with Gasteiger partial charge in [-0.2, -0.15) is 10.1 Å². The fourth-order valence-corrected chi connectivity index (χ4v) is 3.54. The molecule has 13 heteroatoms. The van der Waals surface area contributed by atoms with E-state index in [1.54, 1.807) is 24.3 Å². The van der Waals surface area contributed by atoms with Gasteiger partial charge < -0.3 is 11.5 Å². The lowest BCUT2D eigenvalue weighted by Gasteiger charge is -2.25. The molecule has 0 aliphatic carbocycles. The highest BCUT2D eigenvalue weighted by atomic mass is 35.5. The third-order valence-corrected chi connectivity index (χ3v) is 5.04. The molecule has 3 heterocycles. The highest BCUT2D eigenvalue weighted by molar-refractivity contribution is 6.30. The maximum Gasteiger partial charge on any atom is 0.332 e. The zero-order chi connectivity index (χ0) is 22.4. The molecule has 0 spiro atoms. The van der Waals surface area contributed by atoms with Gasteiger partial charge in [-0.1, -0.05) is 23.7 Å². The third-order valence-electron chi connectivity index (χ3n) is 4.79. The predicted molar refractivity (Wildman–Crippen MR) is 113 cm³/mol. The Morgan fingerprint density at radius 1 is 1.10 bits per heavy atom. The van der Waals surface area contributed by atoms with Crippen molar-refractivity contribution >= 4 is 46.2 Å². The van der Waals surface area contributed by atoms with Gasteiger partial charge in [-0.25, -0.2) is 14.4 Å². The summed E-state index contributed by atoms with van der Waals surface area (Å²) in [6.07, 6.45) is 0. The molecule has 0 fully saturated rings. The first-order chi connectivity index (χ1) is 14.7. The number of imidazole rings is 1. The van der Waals surface area contributed by atoms with E-state index in [0.717, 1.165) is 9.13 Å². The fraction of sp³-hybridized carbons (Fsp3) is 0.222. The number of aryl methyl sites for hydroxylation is 1. The average molecular weight is 445 g/mol. The van der Waals surface area contributed by atoms with Crippen LogP contribution in [0.3, 0.4) is 0 Å². The average Bonchev–Trinajstić information content (AvgIpc) is 3.09. The zero-order valence-corrected chi connectivity index (χ0v) is 17.0. The van der Waals surface area contributed by atoms with E-state index in [2.05, 4.69) is 10.1 Å². The van der Waals surface area contributed by atoms with Crippen LogP contribution in [0, 0.1) is 0 Å². The highest BCUT2D eigenvalue weighted by Crippen LogP contribution is 2.25. The second kappa shape index (κ2) is 7.40. The van der Waals surface area contributed by atoms with Crippen LogP contribution >= 0.6 is 11.6 Å². The molecule has 4 rings (SSSR count). The van der Waals surface area contributed by atoms with Crippen LogP contribution in [0.5, 0.6) is 0 Å². The van der Waals surface area contributed by atoms with Crippen LogP contribution in [0.25, 0.3) is 11.2 Å². The maximum atomic E-state index is 13.1. The molecule has 2 amide bonds. The van der Waals surface area contributed by atoms with Gasteiger partial charge in [-0.3, -0.25) is 23.5 Å². The first-order valence-electron chi connectivity index (χ1n) is 9.05. The lowest BCUT2D eigenvalue weighted by Crippen LogP contribution is -2.43. The summed E-state index contributed by atoms with van der Waals surface area (Å²) in [4.78, 5) is 53.0. The molecule has 0 radical (unpaired) electrons. The molecule has 2 aromatic heterocycles. The van der Waals surface area contributed by atoms with Crippen LogP contribution in [0.2, 0.25) is 5.02 Å². The molecular formula is C18H17ClN8O4. The molecule has 0 bridgehead atoms. The lowest BCUT2D eigenvalue weighted by molar-refractivity contribution is -0.119. The number of rotatable bonds is 5. The molecule has 31 heavy (non-hydrogen) atoms.